The summed E-state index contributed by atoms with van der Waals surface area (Å²) in [6.45, 7) is 2.34. The second-order valence-electron chi connectivity index (χ2n) is 5.07. The lowest BCUT2D eigenvalue weighted by Gasteiger charge is -2.29. The van der Waals surface area contributed by atoms with Gasteiger partial charge >= 0.3 is 5.97 Å². The Morgan fingerprint density at radius 2 is 2.26 bits per heavy atom. The molecule has 0 aromatic heterocycles. The van der Waals surface area contributed by atoms with Gasteiger partial charge in [0.15, 0.2) is 0 Å². The van der Waals surface area contributed by atoms with Gasteiger partial charge in [0.2, 0.25) is 0 Å². The molecule has 0 aliphatic carbocycles. The Bertz CT molecular complexity index is 461. The molecule has 5 heteroatoms. The molecule has 2 N–H and O–H groups in total. The van der Waals surface area contributed by atoms with Gasteiger partial charge in [-0.2, -0.15) is 0 Å². The van der Waals surface area contributed by atoms with Crippen molar-refractivity contribution in [3.05, 3.63) is 23.8 Å². The molecule has 2 rings (SSSR count). The molecule has 19 heavy (non-hydrogen) atoms. The number of hydrogen-bond acceptors (Lipinski definition) is 5. The van der Waals surface area contributed by atoms with Gasteiger partial charge in [-0.25, -0.2) is 4.79 Å². The van der Waals surface area contributed by atoms with Crippen LogP contribution >= 0.6 is 0 Å². The first-order valence-electron chi connectivity index (χ1n) is 6.44. The molecule has 1 unspecified atom stereocenters. The summed E-state index contributed by atoms with van der Waals surface area (Å²) in [6.07, 6.45) is 2.15. The zero-order valence-electron chi connectivity index (χ0n) is 11.0. The van der Waals surface area contributed by atoms with Crippen LogP contribution in [0.2, 0.25) is 0 Å². The van der Waals surface area contributed by atoms with E-state index in [1.165, 1.54) is 18.2 Å². The maximum Gasteiger partial charge on any atom is 0.342 e. The quantitative estimate of drug-likeness (QED) is 0.641. The Morgan fingerprint density at radius 3 is 3.00 bits per heavy atom. The highest BCUT2D eigenvalue weighted by atomic mass is 16.5. The van der Waals surface area contributed by atoms with Crippen molar-refractivity contribution in [3.8, 4) is 11.5 Å². The number of piperidine rings is 1. The summed E-state index contributed by atoms with van der Waals surface area (Å²) in [4.78, 5) is 14.1. The van der Waals surface area contributed by atoms with Crippen molar-refractivity contribution in [3.63, 3.8) is 0 Å². The van der Waals surface area contributed by atoms with Gasteiger partial charge < -0.3 is 19.8 Å². The lowest BCUT2D eigenvalue weighted by Crippen LogP contribution is -2.34. The van der Waals surface area contributed by atoms with Crippen LogP contribution in [-0.4, -0.2) is 47.8 Å². The predicted molar refractivity (Wildman–Crippen MR) is 70.3 cm³/mol. The number of esters is 1. The number of hydrogen-bond donors (Lipinski definition) is 2. The van der Waals surface area contributed by atoms with Crippen LogP contribution in [0.25, 0.3) is 0 Å². The second kappa shape index (κ2) is 5.93. The first-order valence-corrected chi connectivity index (χ1v) is 6.44. The molecular weight excluding hydrogens is 246 g/mol. The SMILES string of the molecule is CN1CCCC(COC(=O)c2cc(O)ccc2O)C1. The summed E-state index contributed by atoms with van der Waals surface area (Å²) in [5.41, 5.74) is 0.00386. The molecule has 1 atom stereocenters. The fourth-order valence-electron chi connectivity index (χ4n) is 2.37. The van der Waals surface area contributed by atoms with Crippen molar-refractivity contribution in [2.75, 3.05) is 26.7 Å². The summed E-state index contributed by atoms with van der Waals surface area (Å²) < 4.78 is 5.22. The van der Waals surface area contributed by atoms with E-state index < -0.39 is 5.97 Å². The standard InChI is InChI=1S/C14H19NO4/c1-15-6-2-3-10(8-15)9-19-14(18)12-7-11(16)4-5-13(12)17/h4-5,7,10,16-17H,2-3,6,8-9H2,1H3. The summed E-state index contributed by atoms with van der Waals surface area (Å²) in [6, 6.07) is 3.81. The zero-order valence-corrected chi connectivity index (χ0v) is 11.0. The molecule has 0 amide bonds. The Labute approximate surface area is 112 Å². The molecule has 1 aliphatic heterocycles. The minimum Gasteiger partial charge on any atom is -0.508 e. The zero-order chi connectivity index (χ0) is 13.8. The minimum absolute atomic E-state index is 0.00386. The van der Waals surface area contributed by atoms with Crippen molar-refractivity contribution in [2.45, 2.75) is 12.8 Å². The molecular formula is C14H19NO4. The van der Waals surface area contributed by atoms with Crippen molar-refractivity contribution in [1.29, 1.82) is 0 Å². The minimum atomic E-state index is -0.596. The van der Waals surface area contributed by atoms with Crippen LogP contribution in [0, 0.1) is 5.92 Å². The van der Waals surface area contributed by atoms with Crippen LogP contribution in [0.1, 0.15) is 23.2 Å². The highest BCUT2D eigenvalue weighted by molar-refractivity contribution is 5.92. The molecule has 1 saturated heterocycles. The van der Waals surface area contributed by atoms with Gasteiger partial charge in [0.25, 0.3) is 0 Å². The van der Waals surface area contributed by atoms with E-state index in [0.29, 0.717) is 12.5 Å². The van der Waals surface area contributed by atoms with Crippen LogP contribution in [0.5, 0.6) is 11.5 Å². The molecule has 1 aliphatic rings. The molecule has 1 heterocycles. The number of phenols is 2. The van der Waals surface area contributed by atoms with Crippen molar-refractivity contribution < 1.29 is 19.7 Å². The van der Waals surface area contributed by atoms with Gasteiger partial charge in [-0.05, 0) is 44.6 Å². The molecule has 1 aromatic carbocycles. The maximum absolute atomic E-state index is 11.8. The van der Waals surface area contributed by atoms with E-state index in [4.69, 9.17) is 4.74 Å². The third-order valence-electron chi connectivity index (χ3n) is 3.37. The first kappa shape index (κ1) is 13.7. The topological polar surface area (TPSA) is 70.0 Å². The monoisotopic (exact) mass is 265 g/mol. The van der Waals surface area contributed by atoms with Gasteiger partial charge in [0.05, 0.1) is 6.61 Å². The number of benzene rings is 1. The Balaban J connectivity index is 1.92. The molecule has 104 valence electrons. The third kappa shape index (κ3) is 3.61. The van der Waals surface area contributed by atoms with Crippen molar-refractivity contribution >= 4 is 5.97 Å². The molecule has 1 aromatic rings. The fourth-order valence-corrected chi connectivity index (χ4v) is 2.37. The number of phenolic OH excluding ortho intramolecular Hbond substituents is 2. The van der Waals surface area contributed by atoms with Crippen LogP contribution in [0.15, 0.2) is 18.2 Å². The molecule has 0 saturated carbocycles. The number of nitrogens with zero attached hydrogens (tertiary/aromatic N) is 1. The average Bonchev–Trinajstić information content (AvgIpc) is 2.39. The lowest BCUT2D eigenvalue weighted by atomic mass is 9.99. The van der Waals surface area contributed by atoms with E-state index in [2.05, 4.69) is 11.9 Å². The predicted octanol–water partition coefficient (Wildman–Crippen LogP) is 1.60. The summed E-state index contributed by atoms with van der Waals surface area (Å²) in [5, 5.41) is 18.9. The number of rotatable bonds is 3. The number of aromatic hydroxyl groups is 2. The van der Waals surface area contributed by atoms with E-state index >= 15 is 0 Å². The molecule has 0 bridgehead atoms. The van der Waals surface area contributed by atoms with Crippen LogP contribution in [0.4, 0.5) is 0 Å². The van der Waals surface area contributed by atoms with Gasteiger partial charge in [-0.15, -0.1) is 0 Å². The van der Waals surface area contributed by atoms with Gasteiger partial charge in [-0.1, -0.05) is 0 Å². The summed E-state index contributed by atoms with van der Waals surface area (Å²) >= 11 is 0. The van der Waals surface area contributed by atoms with E-state index in [1.54, 1.807) is 0 Å². The Morgan fingerprint density at radius 1 is 1.47 bits per heavy atom. The third-order valence-corrected chi connectivity index (χ3v) is 3.37. The first-order chi connectivity index (χ1) is 9.06. The largest absolute Gasteiger partial charge is 0.508 e. The Hall–Kier alpha value is -1.75. The van der Waals surface area contributed by atoms with E-state index in [1.807, 2.05) is 0 Å². The normalized spacial score (nSPS) is 20.2. The summed E-state index contributed by atoms with van der Waals surface area (Å²) in [7, 11) is 2.05. The fraction of sp³-hybridized carbons (Fsp3) is 0.500. The Kier molecular flexibility index (Phi) is 4.27. The maximum atomic E-state index is 11.8. The number of carbonyl (C=O) groups is 1. The molecule has 0 radical (unpaired) electrons. The van der Waals surface area contributed by atoms with Crippen LogP contribution < -0.4 is 0 Å². The van der Waals surface area contributed by atoms with Gasteiger partial charge in [-0.3, -0.25) is 0 Å². The number of carbonyl (C=O) groups excluding carboxylic acids is 1. The highest BCUT2D eigenvalue weighted by Crippen LogP contribution is 2.23. The van der Waals surface area contributed by atoms with Crippen LogP contribution in [-0.2, 0) is 4.74 Å². The number of ether oxygens (including phenoxy) is 1. The molecule has 5 nitrogen and oxygen atoms in total. The highest BCUT2D eigenvalue weighted by Gasteiger charge is 2.20. The van der Waals surface area contributed by atoms with E-state index in [0.717, 1.165) is 25.9 Å². The number of likely N-dealkylation sites (tertiary alicyclic amines) is 1. The van der Waals surface area contributed by atoms with Crippen molar-refractivity contribution in [1.82, 2.24) is 4.90 Å². The van der Waals surface area contributed by atoms with E-state index in [-0.39, 0.29) is 17.1 Å². The van der Waals surface area contributed by atoms with Gasteiger partial charge in [0, 0.05) is 12.5 Å². The van der Waals surface area contributed by atoms with Crippen LogP contribution in [0.3, 0.4) is 0 Å². The average molecular weight is 265 g/mol. The second-order valence-corrected chi connectivity index (χ2v) is 5.07. The molecule has 0 spiro atoms. The van der Waals surface area contributed by atoms with Gasteiger partial charge in [0.1, 0.15) is 17.1 Å². The molecule has 1 fully saturated rings. The smallest absolute Gasteiger partial charge is 0.342 e. The lowest BCUT2D eigenvalue weighted by molar-refractivity contribution is 0.0368. The summed E-state index contributed by atoms with van der Waals surface area (Å²) in [5.74, 6) is -0.505. The van der Waals surface area contributed by atoms with E-state index in [9.17, 15) is 15.0 Å². The van der Waals surface area contributed by atoms with Crippen molar-refractivity contribution in [2.24, 2.45) is 5.92 Å².